The third-order valence-electron chi connectivity index (χ3n) is 1.34. The van der Waals surface area contributed by atoms with E-state index >= 15 is 0 Å². The van der Waals surface area contributed by atoms with Crippen molar-refractivity contribution in [3.05, 3.63) is 40.8 Å². The Morgan fingerprint density at radius 1 is 1.20 bits per heavy atom. The number of rotatable bonds is 1. The van der Waals surface area contributed by atoms with Crippen LogP contribution in [0.25, 0.3) is 6.08 Å². The van der Waals surface area contributed by atoms with Gasteiger partial charge in [-0.1, -0.05) is 29.8 Å². The summed E-state index contributed by atoms with van der Waals surface area (Å²) in [7, 11) is 0. The fraction of sp³-hybridized carbons (Fsp3) is 0.111. The van der Waals surface area contributed by atoms with Crippen molar-refractivity contribution in [3.63, 3.8) is 0 Å². The molecule has 1 rings (SSSR count). The lowest BCUT2D eigenvalue weighted by molar-refractivity contribution is 1.46. The number of hydrogen-bond donors (Lipinski definition) is 1. The summed E-state index contributed by atoms with van der Waals surface area (Å²) in [6, 6.07) is 8.32. The molecule has 0 aliphatic rings. The summed E-state index contributed by atoms with van der Waals surface area (Å²) in [6.45, 7) is 2.08. The van der Waals surface area contributed by atoms with Gasteiger partial charge >= 0.3 is 0 Å². The van der Waals surface area contributed by atoms with Crippen LogP contribution in [-0.4, -0.2) is 0 Å². The highest BCUT2D eigenvalue weighted by Gasteiger charge is 1.83. The normalized spacial score (nSPS) is 10.6. The SMILES string of the molecule is Cc1ccc(/C=C/S)cc1. The smallest absolute Gasteiger partial charge is 0.0251 e. The van der Waals surface area contributed by atoms with E-state index in [1.165, 1.54) is 11.1 Å². The van der Waals surface area contributed by atoms with Crippen LogP contribution < -0.4 is 0 Å². The van der Waals surface area contributed by atoms with E-state index in [1.54, 1.807) is 5.41 Å². The monoisotopic (exact) mass is 150 g/mol. The average molecular weight is 150 g/mol. The van der Waals surface area contributed by atoms with Gasteiger partial charge < -0.3 is 0 Å². The van der Waals surface area contributed by atoms with Crippen molar-refractivity contribution in [2.45, 2.75) is 6.92 Å². The van der Waals surface area contributed by atoms with E-state index in [9.17, 15) is 0 Å². The van der Waals surface area contributed by atoms with Crippen LogP contribution in [0.1, 0.15) is 11.1 Å². The summed E-state index contributed by atoms with van der Waals surface area (Å²) in [4.78, 5) is 0. The van der Waals surface area contributed by atoms with Crippen molar-refractivity contribution < 1.29 is 0 Å². The van der Waals surface area contributed by atoms with E-state index in [0.717, 1.165) is 0 Å². The van der Waals surface area contributed by atoms with Crippen LogP contribution >= 0.6 is 12.6 Å². The molecule has 0 spiro atoms. The van der Waals surface area contributed by atoms with Crippen LogP contribution in [0.2, 0.25) is 0 Å². The van der Waals surface area contributed by atoms with Crippen LogP contribution in [0.3, 0.4) is 0 Å². The molecule has 10 heavy (non-hydrogen) atoms. The first-order valence-corrected chi connectivity index (χ1v) is 3.72. The Labute approximate surface area is 67.0 Å². The highest BCUT2D eigenvalue weighted by atomic mass is 32.1. The van der Waals surface area contributed by atoms with Gasteiger partial charge in [-0.15, -0.1) is 0 Å². The quantitative estimate of drug-likeness (QED) is 0.585. The molecule has 1 heteroatoms. The lowest BCUT2D eigenvalue weighted by Crippen LogP contribution is -1.71. The molecule has 52 valence electrons. The lowest BCUT2D eigenvalue weighted by atomic mass is 10.2. The minimum atomic E-state index is 1.20. The van der Waals surface area contributed by atoms with Gasteiger partial charge in [-0.05, 0) is 24.0 Å². The van der Waals surface area contributed by atoms with Gasteiger partial charge in [0.25, 0.3) is 0 Å². The predicted molar refractivity (Wildman–Crippen MR) is 49.2 cm³/mol. The van der Waals surface area contributed by atoms with Crippen LogP contribution in [0.5, 0.6) is 0 Å². The van der Waals surface area contributed by atoms with E-state index in [0.29, 0.717) is 0 Å². The Morgan fingerprint density at radius 2 is 1.80 bits per heavy atom. The zero-order valence-electron chi connectivity index (χ0n) is 5.91. The second-order valence-electron chi connectivity index (χ2n) is 2.23. The highest BCUT2D eigenvalue weighted by molar-refractivity contribution is 7.83. The molecule has 0 saturated heterocycles. The Morgan fingerprint density at radius 3 is 2.30 bits per heavy atom. The van der Waals surface area contributed by atoms with Crippen molar-refractivity contribution >= 4 is 18.7 Å². The second-order valence-corrected chi connectivity index (χ2v) is 2.52. The number of thiol groups is 1. The maximum absolute atomic E-state index is 3.98. The van der Waals surface area contributed by atoms with Crippen LogP contribution in [-0.2, 0) is 0 Å². The van der Waals surface area contributed by atoms with Crippen LogP contribution in [0.15, 0.2) is 29.7 Å². The molecule has 0 aliphatic heterocycles. The highest BCUT2D eigenvalue weighted by Crippen LogP contribution is 2.04. The third kappa shape index (κ3) is 1.92. The van der Waals surface area contributed by atoms with E-state index < -0.39 is 0 Å². The van der Waals surface area contributed by atoms with Gasteiger partial charge in [0.1, 0.15) is 0 Å². The van der Waals surface area contributed by atoms with Crippen molar-refractivity contribution in [1.29, 1.82) is 0 Å². The first-order chi connectivity index (χ1) is 4.83. The first-order valence-electron chi connectivity index (χ1n) is 3.20. The summed E-state index contributed by atoms with van der Waals surface area (Å²) in [5.41, 5.74) is 2.48. The number of aryl methyl sites for hydroxylation is 1. The summed E-state index contributed by atoms with van der Waals surface area (Å²) in [5.74, 6) is 0. The number of benzene rings is 1. The predicted octanol–water partition coefficient (Wildman–Crippen LogP) is 2.90. The van der Waals surface area contributed by atoms with Gasteiger partial charge in [-0.2, -0.15) is 12.6 Å². The van der Waals surface area contributed by atoms with Crippen molar-refractivity contribution in [2.24, 2.45) is 0 Å². The summed E-state index contributed by atoms with van der Waals surface area (Å²) < 4.78 is 0. The molecule has 0 N–H and O–H groups in total. The van der Waals surface area contributed by atoms with Gasteiger partial charge in [0.15, 0.2) is 0 Å². The molecule has 0 aromatic heterocycles. The summed E-state index contributed by atoms with van der Waals surface area (Å²) in [5, 5.41) is 1.74. The molecule has 0 unspecified atom stereocenters. The van der Waals surface area contributed by atoms with Crippen molar-refractivity contribution in [1.82, 2.24) is 0 Å². The van der Waals surface area contributed by atoms with Crippen molar-refractivity contribution in [3.8, 4) is 0 Å². The Bertz CT molecular complexity index is 221. The van der Waals surface area contributed by atoms with E-state index in [2.05, 4.69) is 43.8 Å². The summed E-state index contributed by atoms with van der Waals surface area (Å²) >= 11 is 3.98. The Balaban J connectivity index is 2.89. The van der Waals surface area contributed by atoms with Gasteiger partial charge in [0.2, 0.25) is 0 Å². The van der Waals surface area contributed by atoms with Crippen LogP contribution in [0, 0.1) is 6.92 Å². The summed E-state index contributed by atoms with van der Waals surface area (Å²) in [6.07, 6.45) is 1.96. The molecule has 0 amide bonds. The van der Waals surface area contributed by atoms with Crippen LogP contribution in [0.4, 0.5) is 0 Å². The largest absolute Gasteiger partial charge is 0.151 e. The molecule has 0 bridgehead atoms. The van der Waals surface area contributed by atoms with Gasteiger partial charge in [0, 0.05) is 0 Å². The van der Waals surface area contributed by atoms with E-state index in [4.69, 9.17) is 0 Å². The average Bonchev–Trinajstić information content (AvgIpc) is 1.95. The fourth-order valence-corrected chi connectivity index (χ4v) is 0.936. The zero-order valence-corrected chi connectivity index (χ0v) is 6.81. The van der Waals surface area contributed by atoms with Gasteiger partial charge in [-0.25, -0.2) is 0 Å². The molecular weight excluding hydrogens is 140 g/mol. The zero-order chi connectivity index (χ0) is 7.40. The van der Waals surface area contributed by atoms with Crippen molar-refractivity contribution in [2.75, 3.05) is 0 Å². The molecule has 1 aromatic carbocycles. The standard InChI is InChI=1S/C9H10S/c1-8-2-4-9(5-3-8)6-7-10/h2-7,10H,1H3/b7-6+. The Hall–Kier alpha value is -0.690. The molecule has 0 saturated carbocycles. The molecule has 1 aromatic rings. The minimum absolute atomic E-state index is 1.20. The molecule has 0 atom stereocenters. The molecule has 0 aliphatic carbocycles. The third-order valence-corrected chi connectivity index (χ3v) is 1.49. The van der Waals surface area contributed by atoms with E-state index in [-0.39, 0.29) is 0 Å². The minimum Gasteiger partial charge on any atom is -0.151 e. The molecule has 0 heterocycles. The molecule has 0 nitrogen and oxygen atoms in total. The first kappa shape index (κ1) is 7.42. The maximum atomic E-state index is 3.98. The fourth-order valence-electron chi connectivity index (χ4n) is 0.764. The van der Waals surface area contributed by atoms with Gasteiger partial charge in [0.05, 0.1) is 0 Å². The molecule has 0 radical (unpaired) electrons. The second kappa shape index (κ2) is 3.47. The molecule has 0 fully saturated rings. The van der Waals surface area contributed by atoms with E-state index in [1.807, 2.05) is 6.08 Å². The topological polar surface area (TPSA) is 0 Å². The van der Waals surface area contributed by atoms with Gasteiger partial charge in [-0.3, -0.25) is 0 Å². The number of hydrogen-bond acceptors (Lipinski definition) is 1. The maximum Gasteiger partial charge on any atom is -0.0251 e. The molecular formula is C9H10S. The lowest BCUT2D eigenvalue weighted by Gasteiger charge is -1.92. The Kier molecular flexibility index (Phi) is 2.57.